The molecular weight excluding hydrogens is 434 g/mol. The van der Waals surface area contributed by atoms with Crippen LogP contribution in [0.5, 0.6) is 0 Å². The maximum atomic E-state index is 12.6. The molecule has 9 heteroatoms. The highest BCUT2D eigenvalue weighted by atomic mass is 16.6. The molecule has 9 nitrogen and oxygen atoms in total. The molecule has 1 fully saturated rings. The van der Waals surface area contributed by atoms with E-state index in [2.05, 4.69) is 15.4 Å². The Labute approximate surface area is 199 Å². The van der Waals surface area contributed by atoms with Gasteiger partial charge in [-0.2, -0.15) is 5.10 Å². The molecule has 34 heavy (non-hydrogen) atoms. The van der Waals surface area contributed by atoms with Crippen molar-refractivity contribution in [2.24, 2.45) is 0 Å². The average molecular weight is 466 g/mol. The summed E-state index contributed by atoms with van der Waals surface area (Å²) in [5.41, 5.74) is 1.52. The monoisotopic (exact) mass is 465 g/mol. The minimum absolute atomic E-state index is 0.279. The average Bonchev–Trinajstić information content (AvgIpc) is 3.15. The molecule has 0 radical (unpaired) electrons. The van der Waals surface area contributed by atoms with Crippen molar-refractivity contribution in [3.8, 4) is 11.1 Å². The second-order valence-corrected chi connectivity index (χ2v) is 10.6. The SMILES string of the molecule is CC(C)(C)OC(=O)NC1(c2ccc(-c3cnc4ccnn4c3)cc2)CN(C(=O)OC(C)(C)C)C1. The van der Waals surface area contributed by atoms with Gasteiger partial charge in [-0.15, -0.1) is 0 Å². The molecule has 0 unspecified atom stereocenters. The number of likely N-dealkylation sites (tertiary alicyclic amines) is 1. The fourth-order valence-electron chi connectivity index (χ4n) is 3.83. The highest BCUT2D eigenvalue weighted by Crippen LogP contribution is 2.35. The first-order valence-electron chi connectivity index (χ1n) is 11.2. The molecular formula is C25H31N5O4. The Kier molecular flexibility index (Phi) is 5.75. The molecule has 1 aliphatic heterocycles. The highest BCUT2D eigenvalue weighted by Gasteiger charge is 2.49. The molecule has 180 valence electrons. The van der Waals surface area contributed by atoms with Crippen LogP contribution in [0.2, 0.25) is 0 Å². The number of nitrogens with zero attached hydrogens (tertiary/aromatic N) is 4. The van der Waals surface area contributed by atoms with Gasteiger partial charge in [0.1, 0.15) is 16.7 Å². The van der Waals surface area contributed by atoms with Crippen LogP contribution < -0.4 is 5.32 Å². The zero-order chi connectivity index (χ0) is 24.7. The second kappa shape index (κ2) is 8.30. The summed E-state index contributed by atoms with van der Waals surface area (Å²) < 4.78 is 12.7. The molecule has 1 aliphatic rings. The van der Waals surface area contributed by atoms with Crippen LogP contribution in [0.3, 0.4) is 0 Å². The van der Waals surface area contributed by atoms with Gasteiger partial charge in [-0.25, -0.2) is 19.1 Å². The van der Waals surface area contributed by atoms with E-state index in [1.807, 2.05) is 78.1 Å². The lowest BCUT2D eigenvalue weighted by molar-refractivity contribution is -0.0229. The number of benzene rings is 1. The third kappa shape index (κ3) is 5.13. The number of carbonyl (C=O) groups excluding carboxylic acids is 2. The molecule has 0 spiro atoms. The van der Waals surface area contributed by atoms with E-state index >= 15 is 0 Å². The van der Waals surface area contributed by atoms with Gasteiger partial charge < -0.3 is 19.7 Å². The van der Waals surface area contributed by atoms with E-state index in [9.17, 15) is 9.59 Å². The lowest BCUT2D eigenvalue weighted by atomic mass is 9.82. The fraction of sp³-hybridized carbons (Fsp3) is 0.440. The van der Waals surface area contributed by atoms with Crippen LogP contribution in [0.15, 0.2) is 48.9 Å². The first-order valence-corrected chi connectivity index (χ1v) is 11.2. The number of alkyl carbamates (subject to hydrolysis) is 1. The normalized spacial score (nSPS) is 15.5. The van der Waals surface area contributed by atoms with Gasteiger partial charge in [-0.05, 0) is 52.7 Å². The zero-order valence-electron chi connectivity index (χ0n) is 20.5. The Morgan fingerprint density at radius 1 is 0.941 bits per heavy atom. The van der Waals surface area contributed by atoms with Gasteiger partial charge >= 0.3 is 12.2 Å². The summed E-state index contributed by atoms with van der Waals surface area (Å²) in [6.45, 7) is 11.5. The van der Waals surface area contributed by atoms with E-state index in [1.165, 1.54) is 0 Å². The van der Waals surface area contributed by atoms with Crippen molar-refractivity contribution in [3.63, 3.8) is 0 Å². The standard InChI is InChI=1S/C25H31N5O4/c1-23(2,3)33-21(31)28-25(15-29(16-25)22(32)34-24(4,5)6)19-9-7-17(8-10-19)18-13-26-20-11-12-27-30(20)14-18/h7-14H,15-16H2,1-6H3,(H,28,31). The van der Waals surface area contributed by atoms with Crippen molar-refractivity contribution in [1.82, 2.24) is 24.8 Å². The second-order valence-electron chi connectivity index (χ2n) is 10.6. The summed E-state index contributed by atoms with van der Waals surface area (Å²) in [7, 11) is 0. The van der Waals surface area contributed by atoms with Gasteiger partial charge in [0.05, 0.1) is 19.3 Å². The van der Waals surface area contributed by atoms with Crippen LogP contribution in [-0.4, -0.2) is 56.0 Å². The summed E-state index contributed by atoms with van der Waals surface area (Å²) >= 11 is 0. The molecule has 2 amide bonds. The molecule has 1 saturated heterocycles. The number of ether oxygens (including phenoxy) is 2. The van der Waals surface area contributed by atoms with Crippen molar-refractivity contribution in [3.05, 3.63) is 54.5 Å². The van der Waals surface area contributed by atoms with Crippen molar-refractivity contribution in [2.75, 3.05) is 13.1 Å². The maximum absolute atomic E-state index is 12.6. The minimum Gasteiger partial charge on any atom is -0.444 e. The molecule has 0 atom stereocenters. The Balaban J connectivity index is 1.57. The van der Waals surface area contributed by atoms with E-state index in [0.29, 0.717) is 0 Å². The number of carbonyl (C=O) groups is 2. The molecule has 3 heterocycles. The molecule has 2 aromatic heterocycles. The van der Waals surface area contributed by atoms with Gasteiger partial charge in [-0.1, -0.05) is 24.3 Å². The fourth-order valence-corrected chi connectivity index (χ4v) is 3.83. The molecule has 0 bridgehead atoms. The van der Waals surface area contributed by atoms with Crippen molar-refractivity contribution >= 4 is 17.8 Å². The Hall–Kier alpha value is -3.62. The van der Waals surface area contributed by atoms with E-state index in [0.717, 1.165) is 22.3 Å². The van der Waals surface area contributed by atoms with Gasteiger partial charge in [0.25, 0.3) is 0 Å². The maximum Gasteiger partial charge on any atom is 0.410 e. The number of hydrogen-bond acceptors (Lipinski definition) is 6. The summed E-state index contributed by atoms with van der Waals surface area (Å²) in [5, 5.41) is 7.23. The van der Waals surface area contributed by atoms with E-state index in [-0.39, 0.29) is 13.1 Å². The predicted molar refractivity (Wildman–Crippen MR) is 127 cm³/mol. The molecule has 0 aliphatic carbocycles. The Morgan fingerprint density at radius 2 is 1.59 bits per heavy atom. The Bertz CT molecular complexity index is 1200. The van der Waals surface area contributed by atoms with Gasteiger partial charge in [0, 0.05) is 24.0 Å². The highest BCUT2D eigenvalue weighted by molar-refractivity contribution is 5.74. The predicted octanol–water partition coefficient (Wildman–Crippen LogP) is 4.37. The Morgan fingerprint density at radius 3 is 2.21 bits per heavy atom. The number of nitrogens with one attached hydrogen (secondary N) is 1. The van der Waals surface area contributed by atoms with Gasteiger partial charge in [0.2, 0.25) is 0 Å². The molecule has 4 rings (SSSR count). The number of hydrogen-bond donors (Lipinski definition) is 1. The van der Waals surface area contributed by atoms with Crippen molar-refractivity contribution in [1.29, 1.82) is 0 Å². The minimum atomic E-state index is -0.776. The van der Waals surface area contributed by atoms with E-state index < -0.39 is 28.9 Å². The lowest BCUT2D eigenvalue weighted by Gasteiger charge is -2.50. The quantitative estimate of drug-likeness (QED) is 0.617. The number of aromatic nitrogens is 3. The van der Waals surface area contributed by atoms with E-state index in [4.69, 9.17) is 9.47 Å². The number of fused-ring (bicyclic) bond motifs is 1. The third-order valence-corrected chi connectivity index (χ3v) is 5.33. The smallest absolute Gasteiger partial charge is 0.410 e. The topological polar surface area (TPSA) is 98.1 Å². The van der Waals surface area contributed by atoms with Crippen LogP contribution in [-0.2, 0) is 15.0 Å². The van der Waals surface area contributed by atoms with Gasteiger partial charge in [0.15, 0.2) is 5.65 Å². The van der Waals surface area contributed by atoms with Crippen LogP contribution in [0.4, 0.5) is 9.59 Å². The first-order chi connectivity index (χ1) is 15.8. The lowest BCUT2D eigenvalue weighted by Crippen LogP contribution is -2.69. The number of amides is 2. The van der Waals surface area contributed by atoms with Crippen LogP contribution in [0, 0.1) is 0 Å². The third-order valence-electron chi connectivity index (χ3n) is 5.33. The van der Waals surface area contributed by atoms with E-state index in [1.54, 1.807) is 21.8 Å². The largest absolute Gasteiger partial charge is 0.444 e. The summed E-state index contributed by atoms with van der Waals surface area (Å²) in [6, 6.07) is 9.68. The van der Waals surface area contributed by atoms with Crippen LogP contribution in [0.25, 0.3) is 16.8 Å². The van der Waals surface area contributed by atoms with Crippen molar-refractivity contribution < 1.29 is 19.1 Å². The van der Waals surface area contributed by atoms with Crippen molar-refractivity contribution in [2.45, 2.75) is 58.3 Å². The molecule has 1 aromatic carbocycles. The number of rotatable bonds is 3. The molecule has 0 saturated carbocycles. The first kappa shape index (κ1) is 23.5. The molecule has 1 N–H and O–H groups in total. The van der Waals surface area contributed by atoms with Crippen LogP contribution in [0.1, 0.15) is 47.1 Å². The summed E-state index contributed by atoms with van der Waals surface area (Å²) in [5.74, 6) is 0. The van der Waals surface area contributed by atoms with Gasteiger partial charge in [-0.3, -0.25) is 0 Å². The summed E-state index contributed by atoms with van der Waals surface area (Å²) in [6.07, 6.45) is 4.47. The zero-order valence-corrected chi connectivity index (χ0v) is 20.5. The van der Waals surface area contributed by atoms with Crippen LogP contribution >= 0.6 is 0 Å². The summed E-state index contributed by atoms with van der Waals surface area (Å²) in [4.78, 5) is 31.2. The molecule has 3 aromatic rings.